The van der Waals surface area contributed by atoms with Gasteiger partial charge in [0.1, 0.15) is 0 Å². The maximum atomic E-state index is 4.62. The maximum absolute atomic E-state index is 4.62. The Morgan fingerprint density at radius 1 is 0.833 bits per heavy atom. The molecule has 30 heavy (non-hydrogen) atoms. The Morgan fingerprint density at radius 3 is 2.47 bits per heavy atom. The number of aromatic nitrogens is 6. The molecule has 1 aliphatic heterocycles. The minimum atomic E-state index is 0.462. The van der Waals surface area contributed by atoms with Crippen molar-refractivity contribution in [1.82, 2.24) is 34.8 Å². The van der Waals surface area contributed by atoms with E-state index in [4.69, 9.17) is 0 Å². The number of nitrogens with one attached hydrogen (secondary N) is 1. The van der Waals surface area contributed by atoms with Crippen molar-refractivity contribution in [3.8, 4) is 33.6 Å². The second-order valence-corrected chi connectivity index (χ2v) is 7.82. The van der Waals surface area contributed by atoms with Crippen LogP contribution in [0.3, 0.4) is 0 Å². The molecule has 1 aromatic carbocycles. The third-order valence-electron chi connectivity index (χ3n) is 5.67. The van der Waals surface area contributed by atoms with Crippen molar-refractivity contribution in [2.75, 3.05) is 13.1 Å². The predicted octanol–water partition coefficient (Wildman–Crippen LogP) is 3.72. The van der Waals surface area contributed by atoms with Gasteiger partial charge in [0.15, 0.2) is 5.82 Å². The first-order valence-electron chi connectivity index (χ1n) is 10.4. The van der Waals surface area contributed by atoms with Crippen LogP contribution in [0.4, 0.5) is 0 Å². The molecule has 7 heteroatoms. The first kappa shape index (κ1) is 18.7. The molecular formula is C23H25N7. The standard InChI is InChI=1S/C23H25N7/c1-29-15-20(13-27-29)17-4-2-5-18(10-17)23-25-11-19(12-26-23)21-14-28-30(16-21)22-6-3-8-24-9-7-22/h2,4-5,10-16,22,24H,3,6-9H2,1H3. The van der Waals surface area contributed by atoms with Crippen molar-refractivity contribution in [3.63, 3.8) is 0 Å². The molecule has 0 spiro atoms. The van der Waals surface area contributed by atoms with E-state index >= 15 is 0 Å². The zero-order chi connectivity index (χ0) is 20.3. The highest BCUT2D eigenvalue weighted by Crippen LogP contribution is 2.26. The lowest BCUT2D eigenvalue weighted by molar-refractivity contribution is 0.414. The molecule has 0 aliphatic carbocycles. The van der Waals surface area contributed by atoms with Crippen LogP contribution >= 0.6 is 0 Å². The van der Waals surface area contributed by atoms with E-state index in [-0.39, 0.29) is 0 Å². The molecule has 0 radical (unpaired) electrons. The molecule has 0 bridgehead atoms. The molecule has 152 valence electrons. The third-order valence-corrected chi connectivity index (χ3v) is 5.67. The molecule has 1 atom stereocenters. The fourth-order valence-electron chi connectivity index (χ4n) is 3.99. The Bertz CT molecular complexity index is 1120. The summed E-state index contributed by atoms with van der Waals surface area (Å²) in [5.41, 5.74) is 5.22. The molecule has 7 nitrogen and oxygen atoms in total. The fourth-order valence-corrected chi connectivity index (χ4v) is 3.99. The van der Waals surface area contributed by atoms with Crippen molar-refractivity contribution in [2.45, 2.75) is 25.3 Å². The molecule has 4 aromatic rings. The van der Waals surface area contributed by atoms with Crippen LogP contribution in [-0.4, -0.2) is 42.6 Å². The summed E-state index contributed by atoms with van der Waals surface area (Å²) in [5.74, 6) is 0.715. The van der Waals surface area contributed by atoms with Crippen molar-refractivity contribution >= 4 is 0 Å². The monoisotopic (exact) mass is 399 g/mol. The van der Waals surface area contributed by atoms with Crippen LogP contribution in [0, 0.1) is 0 Å². The second kappa shape index (κ2) is 8.20. The highest BCUT2D eigenvalue weighted by Gasteiger charge is 2.15. The lowest BCUT2D eigenvalue weighted by Gasteiger charge is -2.13. The van der Waals surface area contributed by atoms with Gasteiger partial charge in [-0.1, -0.05) is 18.2 Å². The first-order valence-corrected chi connectivity index (χ1v) is 10.4. The number of nitrogens with zero attached hydrogens (tertiary/aromatic N) is 6. The number of hydrogen-bond donors (Lipinski definition) is 1. The summed E-state index contributed by atoms with van der Waals surface area (Å²) in [6.07, 6.45) is 15.1. The summed E-state index contributed by atoms with van der Waals surface area (Å²) in [4.78, 5) is 9.25. The van der Waals surface area contributed by atoms with E-state index in [9.17, 15) is 0 Å². The van der Waals surface area contributed by atoms with Crippen LogP contribution < -0.4 is 5.32 Å². The number of hydrogen-bond acceptors (Lipinski definition) is 5. The Hall–Kier alpha value is -3.32. The van der Waals surface area contributed by atoms with Gasteiger partial charge in [-0.3, -0.25) is 9.36 Å². The van der Waals surface area contributed by atoms with Crippen LogP contribution in [0.2, 0.25) is 0 Å². The van der Waals surface area contributed by atoms with Crippen LogP contribution in [-0.2, 0) is 7.05 Å². The van der Waals surface area contributed by atoms with Gasteiger partial charge in [-0.05, 0) is 44.0 Å². The van der Waals surface area contributed by atoms with Gasteiger partial charge in [-0.25, -0.2) is 9.97 Å². The zero-order valence-electron chi connectivity index (χ0n) is 17.1. The molecule has 3 aromatic heterocycles. The van der Waals surface area contributed by atoms with Gasteiger partial charge in [0, 0.05) is 54.1 Å². The smallest absolute Gasteiger partial charge is 0.159 e. The van der Waals surface area contributed by atoms with E-state index in [1.165, 1.54) is 6.42 Å². The number of benzene rings is 1. The Balaban J connectivity index is 1.36. The second-order valence-electron chi connectivity index (χ2n) is 7.82. The van der Waals surface area contributed by atoms with E-state index in [1.54, 1.807) is 4.68 Å². The molecule has 1 unspecified atom stereocenters. The summed E-state index contributed by atoms with van der Waals surface area (Å²) in [6.45, 7) is 2.15. The number of aryl methyl sites for hydroxylation is 1. The van der Waals surface area contributed by atoms with E-state index < -0.39 is 0 Å². The third kappa shape index (κ3) is 3.89. The molecule has 5 rings (SSSR count). The molecule has 1 N–H and O–H groups in total. The van der Waals surface area contributed by atoms with Gasteiger partial charge in [0.25, 0.3) is 0 Å². The van der Waals surface area contributed by atoms with E-state index in [0.717, 1.165) is 53.7 Å². The molecular weight excluding hydrogens is 374 g/mol. The summed E-state index contributed by atoms with van der Waals surface area (Å²) in [5, 5.41) is 12.3. The topological polar surface area (TPSA) is 73.5 Å². The Kier molecular flexibility index (Phi) is 5.11. The lowest BCUT2D eigenvalue weighted by Crippen LogP contribution is -2.15. The maximum Gasteiger partial charge on any atom is 0.159 e. The van der Waals surface area contributed by atoms with Gasteiger partial charge >= 0.3 is 0 Å². The van der Waals surface area contributed by atoms with Gasteiger partial charge in [0.05, 0.1) is 18.4 Å². The lowest BCUT2D eigenvalue weighted by atomic mass is 10.1. The molecule has 0 amide bonds. The largest absolute Gasteiger partial charge is 0.317 e. The molecule has 1 aliphatic rings. The van der Waals surface area contributed by atoms with E-state index in [0.29, 0.717) is 11.9 Å². The van der Waals surface area contributed by atoms with Gasteiger partial charge < -0.3 is 5.32 Å². The Morgan fingerprint density at radius 2 is 1.63 bits per heavy atom. The Labute approximate surface area is 175 Å². The average molecular weight is 400 g/mol. The predicted molar refractivity (Wildman–Crippen MR) is 117 cm³/mol. The number of rotatable bonds is 4. The SMILES string of the molecule is Cn1cc(-c2cccc(-c3ncc(-c4cnn(C5CCCNCC5)c4)cn3)c2)cn1. The summed E-state index contributed by atoms with van der Waals surface area (Å²) >= 11 is 0. The van der Waals surface area contributed by atoms with Crippen molar-refractivity contribution in [3.05, 3.63) is 61.4 Å². The van der Waals surface area contributed by atoms with Gasteiger partial charge in [-0.2, -0.15) is 10.2 Å². The summed E-state index contributed by atoms with van der Waals surface area (Å²) in [7, 11) is 1.92. The van der Waals surface area contributed by atoms with E-state index in [2.05, 4.69) is 48.5 Å². The van der Waals surface area contributed by atoms with Crippen LogP contribution in [0.5, 0.6) is 0 Å². The minimum absolute atomic E-state index is 0.462. The highest BCUT2D eigenvalue weighted by molar-refractivity contribution is 5.70. The van der Waals surface area contributed by atoms with Crippen molar-refractivity contribution in [1.29, 1.82) is 0 Å². The molecule has 1 fully saturated rings. The summed E-state index contributed by atoms with van der Waals surface area (Å²) in [6, 6.07) is 8.70. The summed E-state index contributed by atoms with van der Waals surface area (Å²) < 4.78 is 3.91. The zero-order valence-corrected chi connectivity index (χ0v) is 17.1. The minimum Gasteiger partial charge on any atom is -0.317 e. The first-order chi connectivity index (χ1) is 14.8. The van der Waals surface area contributed by atoms with Gasteiger partial charge in [0.2, 0.25) is 0 Å². The highest BCUT2D eigenvalue weighted by atomic mass is 15.3. The van der Waals surface area contributed by atoms with Crippen LogP contribution in [0.15, 0.2) is 61.4 Å². The average Bonchev–Trinajstić information content (AvgIpc) is 3.36. The van der Waals surface area contributed by atoms with Crippen LogP contribution in [0.25, 0.3) is 33.6 Å². The van der Waals surface area contributed by atoms with E-state index in [1.807, 2.05) is 50.2 Å². The van der Waals surface area contributed by atoms with Crippen molar-refractivity contribution < 1.29 is 0 Å². The van der Waals surface area contributed by atoms with Gasteiger partial charge in [-0.15, -0.1) is 0 Å². The van der Waals surface area contributed by atoms with Crippen molar-refractivity contribution in [2.24, 2.45) is 7.05 Å². The van der Waals surface area contributed by atoms with Crippen LogP contribution in [0.1, 0.15) is 25.3 Å². The normalized spacial score (nSPS) is 17.0. The molecule has 0 saturated carbocycles. The molecule has 1 saturated heterocycles. The molecule has 4 heterocycles. The fraction of sp³-hybridized carbons (Fsp3) is 0.304. The quantitative estimate of drug-likeness (QED) is 0.566.